The Labute approximate surface area is 111 Å². The molecule has 1 aromatic carbocycles. The maximum absolute atomic E-state index is 10.1. The Morgan fingerprint density at radius 3 is 2.95 bits per heavy atom. The molecular formula is C15H15N3O. The maximum atomic E-state index is 10.1. The first-order valence-electron chi connectivity index (χ1n) is 6.13. The van der Waals surface area contributed by atoms with Crippen molar-refractivity contribution < 1.29 is 5.11 Å². The predicted octanol–water partition coefficient (Wildman–Crippen LogP) is 2.40. The molecule has 0 atom stereocenters. The molecule has 0 aliphatic carbocycles. The van der Waals surface area contributed by atoms with Gasteiger partial charge >= 0.3 is 0 Å². The van der Waals surface area contributed by atoms with Crippen molar-refractivity contribution >= 4 is 10.9 Å². The van der Waals surface area contributed by atoms with E-state index in [4.69, 9.17) is 5.73 Å². The summed E-state index contributed by atoms with van der Waals surface area (Å²) in [5.41, 5.74) is 9.42. The molecule has 0 unspecified atom stereocenters. The van der Waals surface area contributed by atoms with E-state index in [9.17, 15) is 5.11 Å². The van der Waals surface area contributed by atoms with Crippen LogP contribution in [0.2, 0.25) is 0 Å². The van der Waals surface area contributed by atoms with Crippen LogP contribution in [0.1, 0.15) is 5.56 Å². The van der Waals surface area contributed by atoms with Gasteiger partial charge in [0.1, 0.15) is 5.75 Å². The number of pyridine rings is 1. The van der Waals surface area contributed by atoms with Crippen molar-refractivity contribution in [3.05, 3.63) is 48.3 Å². The highest BCUT2D eigenvalue weighted by Gasteiger charge is 2.13. The summed E-state index contributed by atoms with van der Waals surface area (Å²) in [5.74, 6) is 0.271. The van der Waals surface area contributed by atoms with Crippen molar-refractivity contribution in [2.24, 2.45) is 12.8 Å². The lowest BCUT2D eigenvalue weighted by Crippen LogP contribution is -1.96. The van der Waals surface area contributed by atoms with Gasteiger partial charge in [-0.2, -0.15) is 0 Å². The first-order valence-corrected chi connectivity index (χ1v) is 6.13. The summed E-state index contributed by atoms with van der Waals surface area (Å²) in [7, 11) is 1.96. The van der Waals surface area contributed by atoms with E-state index < -0.39 is 0 Å². The molecule has 0 spiro atoms. The molecule has 3 rings (SSSR count). The Balaban J connectivity index is 2.30. The SMILES string of the molecule is Cn1cc(-c2cc(CN)ccn2)c2c(O)cccc21. The van der Waals surface area contributed by atoms with E-state index in [-0.39, 0.29) is 5.75 Å². The Morgan fingerprint density at radius 1 is 1.32 bits per heavy atom. The zero-order valence-electron chi connectivity index (χ0n) is 10.7. The van der Waals surface area contributed by atoms with Crippen LogP contribution >= 0.6 is 0 Å². The van der Waals surface area contributed by atoms with Crippen LogP contribution in [0, 0.1) is 0 Å². The molecule has 2 heterocycles. The molecule has 19 heavy (non-hydrogen) atoms. The predicted molar refractivity (Wildman–Crippen MR) is 75.7 cm³/mol. The third-order valence-corrected chi connectivity index (χ3v) is 3.33. The number of phenolic OH excluding ortho intramolecular Hbond substituents is 1. The molecule has 3 aromatic rings. The van der Waals surface area contributed by atoms with Crippen molar-refractivity contribution in [2.75, 3.05) is 0 Å². The van der Waals surface area contributed by atoms with E-state index in [1.54, 1.807) is 12.3 Å². The van der Waals surface area contributed by atoms with E-state index in [1.807, 2.05) is 42.1 Å². The summed E-state index contributed by atoms with van der Waals surface area (Å²) in [6, 6.07) is 9.37. The van der Waals surface area contributed by atoms with Crippen molar-refractivity contribution in [1.82, 2.24) is 9.55 Å². The van der Waals surface area contributed by atoms with Gasteiger partial charge in [0.25, 0.3) is 0 Å². The van der Waals surface area contributed by atoms with Crippen LogP contribution in [-0.4, -0.2) is 14.7 Å². The Kier molecular flexibility index (Phi) is 2.72. The number of hydrogen-bond donors (Lipinski definition) is 2. The molecule has 0 saturated carbocycles. The van der Waals surface area contributed by atoms with Gasteiger partial charge in [-0.3, -0.25) is 4.98 Å². The average Bonchev–Trinajstić information content (AvgIpc) is 2.78. The van der Waals surface area contributed by atoms with Gasteiger partial charge in [-0.15, -0.1) is 0 Å². The molecule has 0 aliphatic rings. The number of aryl methyl sites for hydroxylation is 1. The minimum atomic E-state index is 0.271. The zero-order valence-corrected chi connectivity index (χ0v) is 10.7. The molecule has 0 radical (unpaired) electrons. The number of phenols is 1. The molecular weight excluding hydrogens is 238 g/mol. The molecule has 0 saturated heterocycles. The van der Waals surface area contributed by atoms with Gasteiger partial charge in [0, 0.05) is 31.5 Å². The lowest BCUT2D eigenvalue weighted by molar-refractivity contribution is 0.482. The van der Waals surface area contributed by atoms with Crippen LogP contribution in [0.3, 0.4) is 0 Å². The highest BCUT2D eigenvalue weighted by molar-refractivity contribution is 5.99. The van der Waals surface area contributed by atoms with E-state index >= 15 is 0 Å². The number of nitrogens with zero attached hydrogens (tertiary/aromatic N) is 2. The van der Waals surface area contributed by atoms with Crippen molar-refractivity contribution in [1.29, 1.82) is 0 Å². The molecule has 0 fully saturated rings. The second kappa shape index (κ2) is 4.40. The van der Waals surface area contributed by atoms with Crippen LogP contribution < -0.4 is 5.73 Å². The van der Waals surface area contributed by atoms with E-state index in [0.717, 1.165) is 27.7 Å². The topological polar surface area (TPSA) is 64.1 Å². The number of nitrogens with two attached hydrogens (primary N) is 1. The van der Waals surface area contributed by atoms with Crippen LogP contribution in [0.5, 0.6) is 5.75 Å². The van der Waals surface area contributed by atoms with Gasteiger partial charge in [-0.25, -0.2) is 0 Å². The van der Waals surface area contributed by atoms with E-state index in [0.29, 0.717) is 6.54 Å². The van der Waals surface area contributed by atoms with Gasteiger partial charge in [0.2, 0.25) is 0 Å². The molecule has 4 heteroatoms. The van der Waals surface area contributed by atoms with Gasteiger partial charge in [0.05, 0.1) is 16.6 Å². The average molecular weight is 253 g/mol. The third kappa shape index (κ3) is 1.86. The summed E-state index contributed by atoms with van der Waals surface area (Å²) in [6.45, 7) is 0.478. The minimum Gasteiger partial charge on any atom is -0.507 e. The number of aromatic nitrogens is 2. The maximum Gasteiger partial charge on any atom is 0.125 e. The molecule has 0 amide bonds. The summed E-state index contributed by atoms with van der Waals surface area (Å²) < 4.78 is 1.99. The largest absolute Gasteiger partial charge is 0.507 e. The Morgan fingerprint density at radius 2 is 2.16 bits per heavy atom. The van der Waals surface area contributed by atoms with E-state index in [1.165, 1.54) is 0 Å². The fourth-order valence-corrected chi connectivity index (χ4v) is 2.37. The zero-order chi connectivity index (χ0) is 13.4. The molecule has 0 bridgehead atoms. The van der Waals surface area contributed by atoms with Gasteiger partial charge in [-0.05, 0) is 29.8 Å². The first kappa shape index (κ1) is 11.7. The van der Waals surface area contributed by atoms with Crippen LogP contribution in [0.4, 0.5) is 0 Å². The lowest BCUT2D eigenvalue weighted by atomic mass is 10.1. The second-order valence-electron chi connectivity index (χ2n) is 4.58. The number of benzene rings is 1. The number of fused-ring (bicyclic) bond motifs is 1. The summed E-state index contributed by atoms with van der Waals surface area (Å²) in [5, 5.41) is 10.9. The highest BCUT2D eigenvalue weighted by atomic mass is 16.3. The van der Waals surface area contributed by atoms with Gasteiger partial charge in [-0.1, -0.05) is 6.07 Å². The van der Waals surface area contributed by atoms with Crippen molar-refractivity contribution in [3.8, 4) is 17.0 Å². The highest BCUT2D eigenvalue weighted by Crippen LogP contribution is 2.35. The lowest BCUT2D eigenvalue weighted by Gasteiger charge is -2.03. The molecule has 2 aromatic heterocycles. The van der Waals surface area contributed by atoms with Crippen LogP contribution in [0.15, 0.2) is 42.7 Å². The summed E-state index contributed by atoms with van der Waals surface area (Å²) in [4.78, 5) is 4.38. The molecule has 3 N–H and O–H groups in total. The Bertz CT molecular complexity index is 746. The number of aromatic hydroxyl groups is 1. The van der Waals surface area contributed by atoms with Crippen molar-refractivity contribution in [2.45, 2.75) is 6.54 Å². The summed E-state index contributed by atoms with van der Waals surface area (Å²) >= 11 is 0. The third-order valence-electron chi connectivity index (χ3n) is 3.33. The first-order chi connectivity index (χ1) is 9.20. The second-order valence-corrected chi connectivity index (χ2v) is 4.58. The molecule has 96 valence electrons. The molecule has 4 nitrogen and oxygen atoms in total. The monoisotopic (exact) mass is 253 g/mol. The molecule has 0 aliphatic heterocycles. The fraction of sp³-hybridized carbons (Fsp3) is 0.133. The smallest absolute Gasteiger partial charge is 0.125 e. The van der Waals surface area contributed by atoms with Gasteiger partial charge in [0.15, 0.2) is 0 Å². The quantitative estimate of drug-likeness (QED) is 0.737. The van der Waals surface area contributed by atoms with Crippen molar-refractivity contribution in [3.63, 3.8) is 0 Å². The minimum absolute atomic E-state index is 0.271. The normalized spacial score (nSPS) is 11.1. The number of hydrogen-bond acceptors (Lipinski definition) is 3. The van der Waals surface area contributed by atoms with Crippen LogP contribution in [-0.2, 0) is 13.6 Å². The fourth-order valence-electron chi connectivity index (χ4n) is 2.37. The van der Waals surface area contributed by atoms with Gasteiger partial charge < -0.3 is 15.4 Å². The Hall–Kier alpha value is -2.33. The standard InChI is InChI=1S/C15H15N3O/c1-18-9-11(12-7-10(8-16)5-6-17-12)15-13(18)3-2-4-14(15)19/h2-7,9,19H,8,16H2,1H3. The van der Waals surface area contributed by atoms with Crippen LogP contribution in [0.25, 0.3) is 22.2 Å². The number of rotatable bonds is 2. The summed E-state index contributed by atoms with van der Waals surface area (Å²) in [6.07, 6.45) is 3.73. The van der Waals surface area contributed by atoms with E-state index in [2.05, 4.69) is 4.98 Å².